The van der Waals surface area contributed by atoms with Crippen molar-refractivity contribution in [3.05, 3.63) is 11.6 Å². The molecular formula is C24H34O4. The zero-order valence-corrected chi connectivity index (χ0v) is 17.7. The van der Waals surface area contributed by atoms with Crippen LogP contribution >= 0.6 is 0 Å². The third kappa shape index (κ3) is 2.32. The molecule has 0 spiro atoms. The van der Waals surface area contributed by atoms with Crippen molar-refractivity contribution in [1.29, 1.82) is 0 Å². The molecular weight excluding hydrogens is 352 g/mol. The molecule has 0 amide bonds. The number of rotatable bonds is 3. The predicted molar refractivity (Wildman–Crippen MR) is 107 cm³/mol. The number of aliphatic carboxylic acids is 1. The molecule has 4 rings (SSSR count). The smallest absolute Gasteiger partial charge is 0.307 e. The van der Waals surface area contributed by atoms with Crippen LogP contribution in [-0.4, -0.2) is 22.6 Å². The van der Waals surface area contributed by atoms with Crippen LogP contribution in [0.15, 0.2) is 11.6 Å². The second-order valence-electron chi connectivity index (χ2n) is 10.6. The summed E-state index contributed by atoms with van der Waals surface area (Å²) in [6, 6.07) is 0. The topological polar surface area (TPSA) is 71.4 Å². The Morgan fingerprint density at radius 3 is 2.39 bits per heavy atom. The lowest BCUT2D eigenvalue weighted by Gasteiger charge is -2.60. The zero-order chi connectivity index (χ0) is 20.5. The molecule has 3 saturated carbocycles. The lowest BCUT2D eigenvalue weighted by molar-refractivity contribution is -0.164. The van der Waals surface area contributed by atoms with Gasteiger partial charge in [0.1, 0.15) is 5.78 Å². The van der Waals surface area contributed by atoms with Crippen LogP contribution in [0.1, 0.15) is 79.1 Å². The number of carbonyl (C=O) groups is 3. The van der Waals surface area contributed by atoms with E-state index in [0.717, 1.165) is 38.5 Å². The predicted octanol–water partition coefficient (Wildman–Crippen LogP) is 4.81. The van der Waals surface area contributed by atoms with Crippen LogP contribution in [0.2, 0.25) is 0 Å². The average molecular weight is 387 g/mol. The van der Waals surface area contributed by atoms with E-state index in [-0.39, 0.29) is 22.4 Å². The van der Waals surface area contributed by atoms with Crippen molar-refractivity contribution in [3.8, 4) is 0 Å². The van der Waals surface area contributed by atoms with Gasteiger partial charge in [-0.05, 0) is 86.5 Å². The molecule has 7 atom stereocenters. The number of carboxylic acid groups (broad SMARTS) is 1. The van der Waals surface area contributed by atoms with Crippen molar-refractivity contribution >= 4 is 17.5 Å². The first-order valence-electron chi connectivity index (χ1n) is 11.1. The fourth-order valence-corrected chi connectivity index (χ4v) is 8.44. The van der Waals surface area contributed by atoms with Crippen molar-refractivity contribution in [1.82, 2.24) is 0 Å². The van der Waals surface area contributed by atoms with E-state index < -0.39 is 17.3 Å². The third-order valence-corrected chi connectivity index (χ3v) is 9.96. The molecule has 154 valence electrons. The molecule has 4 aliphatic carbocycles. The number of allylic oxidation sites excluding steroid dienone is 1. The van der Waals surface area contributed by atoms with Gasteiger partial charge in [0.2, 0.25) is 0 Å². The Balaban J connectivity index is 1.73. The summed E-state index contributed by atoms with van der Waals surface area (Å²) in [5, 5.41) is 9.82. The zero-order valence-electron chi connectivity index (χ0n) is 17.7. The fourth-order valence-electron chi connectivity index (χ4n) is 8.44. The number of fused-ring (bicyclic) bond motifs is 5. The van der Waals surface area contributed by atoms with Crippen molar-refractivity contribution in [3.63, 3.8) is 0 Å². The van der Waals surface area contributed by atoms with E-state index in [1.165, 1.54) is 5.57 Å². The summed E-state index contributed by atoms with van der Waals surface area (Å²) in [6.07, 6.45) is 9.22. The summed E-state index contributed by atoms with van der Waals surface area (Å²) in [7, 11) is 0. The van der Waals surface area contributed by atoms with E-state index >= 15 is 0 Å². The molecule has 0 heterocycles. The maximum absolute atomic E-state index is 13.0. The number of Topliss-reactive ketones (excluding diaryl/α,β-unsaturated/α-hetero) is 1. The van der Waals surface area contributed by atoms with E-state index in [0.29, 0.717) is 30.6 Å². The molecule has 4 heteroatoms. The Hall–Kier alpha value is -1.45. The standard InChI is InChI=1S/C24H34O4/c1-14(21(27)28)24(15(2)25)12-9-20-18-6-5-16-13-17(26)7-10-22(16,3)19(18)8-11-23(20,24)4/h13-14,18-20H,5-12H2,1-4H3,(H,27,28)/t14?,18-,19+,20+,22+,23+,24+/m1/s1. The average Bonchev–Trinajstić information content (AvgIpc) is 2.95. The van der Waals surface area contributed by atoms with Gasteiger partial charge in [-0.25, -0.2) is 0 Å². The highest BCUT2D eigenvalue weighted by molar-refractivity contribution is 5.91. The van der Waals surface area contributed by atoms with E-state index in [2.05, 4.69) is 13.8 Å². The van der Waals surface area contributed by atoms with Gasteiger partial charge in [0.15, 0.2) is 5.78 Å². The molecule has 0 aliphatic heterocycles. The summed E-state index contributed by atoms with van der Waals surface area (Å²) in [4.78, 5) is 36.9. The van der Waals surface area contributed by atoms with Crippen molar-refractivity contribution in [2.45, 2.75) is 79.1 Å². The highest BCUT2D eigenvalue weighted by Crippen LogP contribution is 2.71. The van der Waals surface area contributed by atoms with Gasteiger partial charge in [-0.2, -0.15) is 0 Å². The first-order chi connectivity index (χ1) is 13.1. The SMILES string of the molecule is CC(=O)[C@@]1(C(C)C(=O)O)CC[C@H]2[C@@H]3CCC4=CC(=O)CC[C@]4(C)[C@H]3CC[C@@]21C. The summed E-state index contributed by atoms with van der Waals surface area (Å²) in [5.74, 6) is 0.366. The Labute approximate surface area is 168 Å². The van der Waals surface area contributed by atoms with Crippen LogP contribution in [0.3, 0.4) is 0 Å². The van der Waals surface area contributed by atoms with Crippen LogP contribution in [-0.2, 0) is 14.4 Å². The molecule has 1 unspecified atom stereocenters. The molecule has 0 aromatic rings. The quantitative estimate of drug-likeness (QED) is 0.755. The highest BCUT2D eigenvalue weighted by atomic mass is 16.4. The lowest BCUT2D eigenvalue weighted by Crippen LogP contribution is -2.56. The van der Waals surface area contributed by atoms with E-state index in [9.17, 15) is 19.5 Å². The minimum Gasteiger partial charge on any atom is -0.481 e. The van der Waals surface area contributed by atoms with Gasteiger partial charge in [0.25, 0.3) is 0 Å². The first-order valence-corrected chi connectivity index (χ1v) is 11.1. The Bertz CT molecular complexity index is 767. The third-order valence-electron chi connectivity index (χ3n) is 9.96. The van der Waals surface area contributed by atoms with Gasteiger partial charge < -0.3 is 5.11 Å². The number of carboxylic acids is 1. The van der Waals surface area contributed by atoms with Gasteiger partial charge in [0, 0.05) is 11.8 Å². The summed E-state index contributed by atoms with van der Waals surface area (Å²) >= 11 is 0. The highest BCUT2D eigenvalue weighted by Gasteiger charge is 2.68. The molecule has 0 aromatic carbocycles. The molecule has 0 aromatic heterocycles. The van der Waals surface area contributed by atoms with Gasteiger partial charge in [-0.15, -0.1) is 0 Å². The molecule has 4 nitrogen and oxygen atoms in total. The summed E-state index contributed by atoms with van der Waals surface area (Å²) < 4.78 is 0. The largest absolute Gasteiger partial charge is 0.481 e. The minimum absolute atomic E-state index is 0.0664. The second-order valence-corrected chi connectivity index (χ2v) is 10.6. The summed E-state index contributed by atoms with van der Waals surface area (Å²) in [6.45, 7) is 7.95. The number of hydrogen-bond donors (Lipinski definition) is 1. The van der Waals surface area contributed by atoms with Crippen LogP contribution in [0.5, 0.6) is 0 Å². The van der Waals surface area contributed by atoms with Gasteiger partial charge in [-0.1, -0.05) is 26.3 Å². The molecule has 0 radical (unpaired) electrons. The normalized spacial score (nSPS) is 46.1. The number of hydrogen-bond acceptors (Lipinski definition) is 3. The van der Waals surface area contributed by atoms with E-state index in [1.807, 2.05) is 6.08 Å². The Kier molecular flexibility index (Phi) is 4.45. The summed E-state index contributed by atoms with van der Waals surface area (Å²) in [5.41, 5.74) is 0.481. The van der Waals surface area contributed by atoms with Crippen LogP contribution < -0.4 is 0 Å². The Morgan fingerprint density at radius 2 is 1.75 bits per heavy atom. The molecule has 4 aliphatic rings. The Morgan fingerprint density at radius 1 is 1.07 bits per heavy atom. The van der Waals surface area contributed by atoms with Gasteiger partial charge in [0.05, 0.1) is 5.92 Å². The minimum atomic E-state index is -0.842. The van der Waals surface area contributed by atoms with Crippen LogP contribution in [0.4, 0.5) is 0 Å². The molecule has 0 saturated heterocycles. The van der Waals surface area contributed by atoms with Gasteiger partial charge >= 0.3 is 5.97 Å². The fraction of sp³-hybridized carbons (Fsp3) is 0.792. The van der Waals surface area contributed by atoms with Crippen LogP contribution in [0, 0.1) is 39.9 Å². The van der Waals surface area contributed by atoms with E-state index in [4.69, 9.17) is 0 Å². The lowest BCUT2D eigenvalue weighted by atomic mass is 9.43. The molecule has 28 heavy (non-hydrogen) atoms. The second kappa shape index (κ2) is 6.27. The van der Waals surface area contributed by atoms with E-state index in [1.54, 1.807) is 13.8 Å². The van der Waals surface area contributed by atoms with Crippen LogP contribution in [0.25, 0.3) is 0 Å². The molecule has 0 bridgehead atoms. The first kappa shape index (κ1) is 19.8. The number of ketones is 2. The van der Waals surface area contributed by atoms with Crippen molar-refractivity contribution in [2.24, 2.45) is 39.9 Å². The number of carbonyl (C=O) groups excluding carboxylic acids is 2. The monoisotopic (exact) mass is 386 g/mol. The maximum Gasteiger partial charge on any atom is 0.307 e. The van der Waals surface area contributed by atoms with Crippen molar-refractivity contribution in [2.75, 3.05) is 0 Å². The maximum atomic E-state index is 13.0. The molecule has 3 fully saturated rings. The van der Waals surface area contributed by atoms with Gasteiger partial charge in [-0.3, -0.25) is 14.4 Å². The van der Waals surface area contributed by atoms with Crippen molar-refractivity contribution < 1.29 is 19.5 Å². The molecule has 1 N–H and O–H groups in total.